The van der Waals surface area contributed by atoms with Crippen molar-refractivity contribution in [1.82, 2.24) is 25.1 Å². The highest BCUT2D eigenvalue weighted by atomic mass is 32.2. The fourth-order valence-electron chi connectivity index (χ4n) is 3.22. The van der Waals surface area contributed by atoms with Gasteiger partial charge >= 0.3 is 0 Å². The molecular formula is C19H22N7O2S+. The highest BCUT2D eigenvalue weighted by molar-refractivity contribution is 7.99. The number of thioether (sulfide) groups is 1. The van der Waals surface area contributed by atoms with Gasteiger partial charge in [-0.15, -0.1) is 5.10 Å². The zero-order chi connectivity index (χ0) is 20.1. The second-order valence-electron chi connectivity index (χ2n) is 6.45. The summed E-state index contributed by atoms with van der Waals surface area (Å²) in [6, 6.07) is 13.5. The molecule has 1 N–H and O–H groups in total. The summed E-state index contributed by atoms with van der Waals surface area (Å²) in [6.45, 7) is 2.99. The molecule has 0 saturated carbocycles. The Kier molecular flexibility index (Phi) is 5.89. The average Bonchev–Trinajstić information content (AvgIpc) is 3.26. The second kappa shape index (κ2) is 8.91. The van der Waals surface area contributed by atoms with Crippen LogP contribution < -0.4 is 14.6 Å². The van der Waals surface area contributed by atoms with Gasteiger partial charge < -0.3 is 9.64 Å². The highest BCUT2D eigenvalue weighted by Crippen LogP contribution is 2.25. The SMILES string of the molecule is COc1ccccc1-n1nnnc1SCC(=O)N1CCN(c2cccc[nH+]2)CC1. The average molecular weight is 412 g/mol. The van der Waals surface area contributed by atoms with Crippen LogP contribution in [-0.4, -0.2) is 70.1 Å². The Labute approximate surface area is 172 Å². The molecule has 0 aliphatic carbocycles. The number of aromatic amines is 1. The van der Waals surface area contributed by atoms with E-state index in [0.717, 1.165) is 24.6 Å². The van der Waals surface area contributed by atoms with Crippen LogP contribution in [0, 0.1) is 0 Å². The molecule has 29 heavy (non-hydrogen) atoms. The largest absolute Gasteiger partial charge is 0.494 e. The monoisotopic (exact) mass is 412 g/mol. The third-order valence-corrected chi connectivity index (χ3v) is 5.65. The predicted octanol–water partition coefficient (Wildman–Crippen LogP) is 0.926. The van der Waals surface area contributed by atoms with E-state index in [2.05, 4.69) is 25.4 Å². The number of nitrogens with one attached hydrogen (secondary N) is 1. The predicted molar refractivity (Wildman–Crippen MR) is 108 cm³/mol. The van der Waals surface area contributed by atoms with Crippen LogP contribution in [-0.2, 0) is 4.79 Å². The minimum atomic E-state index is 0.0845. The van der Waals surface area contributed by atoms with Gasteiger partial charge in [0.1, 0.15) is 24.5 Å². The summed E-state index contributed by atoms with van der Waals surface area (Å²) in [5.74, 6) is 2.11. The Hall–Kier alpha value is -3.14. The number of benzene rings is 1. The van der Waals surface area contributed by atoms with Gasteiger partial charge in [0.25, 0.3) is 5.82 Å². The van der Waals surface area contributed by atoms with E-state index in [-0.39, 0.29) is 11.7 Å². The lowest BCUT2D eigenvalue weighted by atomic mass is 10.3. The Morgan fingerprint density at radius 1 is 1.14 bits per heavy atom. The number of hydrogen-bond donors (Lipinski definition) is 0. The first-order chi connectivity index (χ1) is 14.3. The van der Waals surface area contributed by atoms with Gasteiger partial charge in [0.05, 0.1) is 32.1 Å². The van der Waals surface area contributed by atoms with Crippen molar-refractivity contribution >= 4 is 23.5 Å². The van der Waals surface area contributed by atoms with Crippen LogP contribution in [0.15, 0.2) is 53.8 Å². The molecular weight excluding hydrogens is 390 g/mol. The quantitative estimate of drug-likeness (QED) is 0.556. The Balaban J connectivity index is 1.35. The summed E-state index contributed by atoms with van der Waals surface area (Å²) in [5.41, 5.74) is 0.739. The summed E-state index contributed by atoms with van der Waals surface area (Å²) in [5, 5.41) is 12.4. The van der Waals surface area contributed by atoms with Crippen molar-refractivity contribution < 1.29 is 14.5 Å². The van der Waals surface area contributed by atoms with E-state index < -0.39 is 0 Å². The molecule has 0 spiro atoms. The van der Waals surface area contributed by atoms with Crippen molar-refractivity contribution in [3.8, 4) is 11.4 Å². The number of nitrogens with zero attached hydrogens (tertiary/aromatic N) is 6. The molecule has 2 aromatic heterocycles. The molecule has 0 unspecified atom stereocenters. The van der Waals surface area contributed by atoms with E-state index in [1.54, 1.807) is 11.8 Å². The molecule has 1 saturated heterocycles. The number of pyridine rings is 1. The third kappa shape index (κ3) is 4.32. The normalized spacial score (nSPS) is 14.1. The van der Waals surface area contributed by atoms with Crippen LogP contribution in [0.1, 0.15) is 0 Å². The number of aromatic nitrogens is 5. The van der Waals surface area contributed by atoms with Gasteiger partial charge in [-0.1, -0.05) is 30.0 Å². The van der Waals surface area contributed by atoms with Crippen molar-refractivity contribution in [3.05, 3.63) is 48.7 Å². The minimum absolute atomic E-state index is 0.0845. The number of anilines is 1. The number of amides is 1. The molecule has 0 atom stereocenters. The minimum Gasteiger partial charge on any atom is -0.494 e. The topological polar surface area (TPSA) is 90.5 Å². The molecule has 9 nitrogen and oxygen atoms in total. The van der Waals surface area contributed by atoms with Gasteiger partial charge in [-0.2, -0.15) is 4.68 Å². The van der Waals surface area contributed by atoms with Gasteiger partial charge in [-0.25, -0.2) is 4.98 Å². The lowest BCUT2D eigenvalue weighted by Gasteiger charge is -2.30. The number of ether oxygens (including phenoxy) is 1. The molecule has 1 fully saturated rings. The molecule has 0 bridgehead atoms. The summed E-state index contributed by atoms with van der Waals surface area (Å²) >= 11 is 1.33. The number of tetrazole rings is 1. The van der Waals surface area contributed by atoms with E-state index in [4.69, 9.17) is 4.74 Å². The molecule has 1 aliphatic heterocycles. The Bertz CT molecular complexity index is 958. The van der Waals surface area contributed by atoms with Crippen molar-refractivity contribution in [1.29, 1.82) is 0 Å². The zero-order valence-electron chi connectivity index (χ0n) is 16.1. The molecule has 1 aromatic carbocycles. The van der Waals surface area contributed by atoms with Gasteiger partial charge in [0.15, 0.2) is 0 Å². The molecule has 1 amide bonds. The number of para-hydroxylation sites is 2. The van der Waals surface area contributed by atoms with Crippen LogP contribution in [0.4, 0.5) is 5.82 Å². The van der Waals surface area contributed by atoms with Crippen molar-refractivity contribution in [3.63, 3.8) is 0 Å². The van der Waals surface area contributed by atoms with E-state index in [0.29, 0.717) is 24.0 Å². The van der Waals surface area contributed by atoms with Gasteiger partial charge in [0.2, 0.25) is 11.1 Å². The first kappa shape index (κ1) is 19.2. The first-order valence-electron chi connectivity index (χ1n) is 9.30. The molecule has 150 valence electrons. The molecule has 3 heterocycles. The fraction of sp³-hybridized carbons (Fsp3) is 0.316. The summed E-state index contributed by atoms with van der Waals surface area (Å²) in [7, 11) is 1.60. The standard InChI is InChI=1S/C19H21N7O2S/c1-28-16-7-3-2-6-15(16)26-19(21-22-23-26)29-14-18(27)25-12-10-24(11-13-25)17-8-4-5-9-20-17/h2-9H,10-14H2,1H3/p+1. The number of carbonyl (C=O) groups excluding carboxylic acids is 1. The lowest BCUT2D eigenvalue weighted by Crippen LogP contribution is -2.50. The van der Waals surface area contributed by atoms with Crippen LogP contribution in [0.2, 0.25) is 0 Å². The number of carbonyl (C=O) groups is 1. The van der Waals surface area contributed by atoms with E-state index in [1.165, 1.54) is 11.8 Å². The van der Waals surface area contributed by atoms with Gasteiger partial charge in [0, 0.05) is 6.07 Å². The Morgan fingerprint density at radius 2 is 1.93 bits per heavy atom. The third-order valence-electron chi connectivity index (χ3n) is 4.74. The van der Waals surface area contributed by atoms with Crippen LogP contribution in [0.3, 0.4) is 0 Å². The number of hydrogen-bond acceptors (Lipinski definition) is 7. The van der Waals surface area contributed by atoms with Crippen LogP contribution in [0.5, 0.6) is 5.75 Å². The fourth-order valence-corrected chi connectivity index (χ4v) is 4.01. The smallest absolute Gasteiger partial charge is 0.274 e. The van der Waals surface area contributed by atoms with Crippen molar-refractivity contribution in [2.75, 3.05) is 43.9 Å². The lowest BCUT2D eigenvalue weighted by molar-refractivity contribution is -0.364. The number of methoxy groups -OCH3 is 1. The van der Waals surface area contributed by atoms with Gasteiger partial charge in [-0.05, 0) is 28.6 Å². The van der Waals surface area contributed by atoms with E-state index in [9.17, 15) is 4.79 Å². The van der Waals surface area contributed by atoms with Crippen molar-refractivity contribution in [2.45, 2.75) is 5.16 Å². The maximum Gasteiger partial charge on any atom is 0.274 e. The molecule has 1 aliphatic rings. The zero-order valence-corrected chi connectivity index (χ0v) is 16.9. The van der Waals surface area contributed by atoms with Crippen molar-refractivity contribution in [2.24, 2.45) is 0 Å². The second-order valence-corrected chi connectivity index (χ2v) is 7.39. The number of piperazine rings is 1. The van der Waals surface area contributed by atoms with Crippen LogP contribution >= 0.6 is 11.8 Å². The summed E-state index contributed by atoms with van der Waals surface area (Å²) in [6.07, 6.45) is 1.91. The summed E-state index contributed by atoms with van der Waals surface area (Å²) < 4.78 is 6.98. The molecule has 0 radical (unpaired) electrons. The van der Waals surface area contributed by atoms with E-state index in [1.807, 2.05) is 53.6 Å². The van der Waals surface area contributed by atoms with Gasteiger partial charge in [-0.3, -0.25) is 9.69 Å². The first-order valence-corrected chi connectivity index (χ1v) is 10.3. The summed E-state index contributed by atoms with van der Waals surface area (Å²) in [4.78, 5) is 20.1. The number of H-pyrrole nitrogens is 1. The maximum atomic E-state index is 12.7. The highest BCUT2D eigenvalue weighted by Gasteiger charge is 2.26. The number of rotatable bonds is 6. The molecule has 10 heteroatoms. The van der Waals surface area contributed by atoms with Crippen LogP contribution in [0.25, 0.3) is 5.69 Å². The Morgan fingerprint density at radius 3 is 2.69 bits per heavy atom. The molecule has 3 aromatic rings. The maximum absolute atomic E-state index is 12.7. The molecule has 4 rings (SSSR count). The van der Waals surface area contributed by atoms with E-state index >= 15 is 0 Å².